The molecule has 0 spiro atoms. The molecule has 0 aromatic heterocycles. The molecule has 7 rings (SSSR count). The lowest BCUT2D eigenvalue weighted by Crippen LogP contribution is -2.69. The summed E-state index contributed by atoms with van der Waals surface area (Å²) in [7, 11) is -1.28. The van der Waals surface area contributed by atoms with Gasteiger partial charge in [-0.25, -0.2) is 4.39 Å². The number of carbonyl (C=O) groups is 1. The van der Waals surface area contributed by atoms with E-state index in [0.717, 1.165) is 23.6 Å². The van der Waals surface area contributed by atoms with Crippen LogP contribution in [0.15, 0.2) is 54.6 Å². The van der Waals surface area contributed by atoms with Crippen molar-refractivity contribution in [1.82, 2.24) is 5.32 Å². The molecule has 0 aliphatic carbocycles. The SMILES string of the molecule is CCC1OC(O[C@@H]2C(CC)O[C@@H](OCC[Si](C)(C)C)C(C)C2C)C(C)C(O[C@@H]2OC3COC(c4ccccc4)O[C@H]3C(O[C@@H]3OC(C)[C@@H](C)C(C)C3F)C2NC(=O)c2ccc(C(C)(C)C)cc2)[C@H]1C. The van der Waals surface area contributed by atoms with Crippen molar-refractivity contribution in [2.45, 2.75) is 220 Å². The number of nitrogens with one attached hydrogen (secondary N) is 1. The van der Waals surface area contributed by atoms with Crippen molar-refractivity contribution in [3.8, 4) is 0 Å². The molecule has 1 N–H and O–H groups in total. The summed E-state index contributed by atoms with van der Waals surface area (Å²) in [5, 5.41) is 3.29. The predicted octanol–water partition coefficient (Wildman–Crippen LogP) is 10.6. The molecule has 0 radical (unpaired) electrons. The van der Waals surface area contributed by atoms with Crippen molar-refractivity contribution < 1.29 is 56.6 Å². The third-order valence-corrected chi connectivity index (χ3v) is 17.7. The van der Waals surface area contributed by atoms with Crippen molar-refractivity contribution in [3.63, 3.8) is 0 Å². The van der Waals surface area contributed by atoms with Crippen molar-refractivity contribution >= 4 is 14.0 Å². The Hall–Kier alpha value is -2.34. The van der Waals surface area contributed by atoms with Crippen LogP contribution in [0.3, 0.4) is 0 Å². The highest BCUT2D eigenvalue weighted by molar-refractivity contribution is 6.76. The zero-order valence-electron chi connectivity index (χ0n) is 44.2. The van der Waals surface area contributed by atoms with Crippen LogP contribution >= 0.6 is 0 Å². The average Bonchev–Trinajstić information content (AvgIpc) is 3.31. The van der Waals surface area contributed by atoms with Crippen LogP contribution in [-0.2, 0) is 52.8 Å². The largest absolute Gasteiger partial charge is 0.353 e. The van der Waals surface area contributed by atoms with E-state index in [1.54, 1.807) is 0 Å². The molecular formula is C55H86FNO11Si. The summed E-state index contributed by atoms with van der Waals surface area (Å²) in [6.45, 7) is 33.0. The fraction of sp³-hybridized carbons (Fsp3) is 0.764. The fourth-order valence-corrected chi connectivity index (χ4v) is 11.4. The van der Waals surface area contributed by atoms with Crippen LogP contribution in [0.5, 0.6) is 0 Å². The molecule has 388 valence electrons. The second-order valence-corrected chi connectivity index (χ2v) is 28.9. The zero-order chi connectivity index (χ0) is 50.1. The first-order valence-corrected chi connectivity index (χ1v) is 29.9. The highest BCUT2D eigenvalue weighted by Crippen LogP contribution is 2.44. The Morgan fingerprint density at radius 1 is 0.681 bits per heavy atom. The number of benzene rings is 2. The van der Waals surface area contributed by atoms with E-state index in [0.29, 0.717) is 18.6 Å². The summed E-state index contributed by atoms with van der Waals surface area (Å²) in [6, 6.07) is 17.3. The van der Waals surface area contributed by atoms with Crippen molar-refractivity contribution in [3.05, 3.63) is 71.3 Å². The number of fused-ring (bicyclic) bond motifs is 1. The quantitative estimate of drug-likeness (QED) is 0.172. The molecule has 12 nitrogen and oxygen atoms in total. The van der Waals surface area contributed by atoms with Gasteiger partial charge in [0.25, 0.3) is 5.91 Å². The minimum Gasteiger partial charge on any atom is -0.353 e. The van der Waals surface area contributed by atoms with Crippen LogP contribution in [0.25, 0.3) is 0 Å². The third kappa shape index (κ3) is 12.5. The maximum Gasteiger partial charge on any atom is 0.251 e. The van der Waals surface area contributed by atoms with Gasteiger partial charge in [0, 0.05) is 43.6 Å². The third-order valence-electron chi connectivity index (χ3n) is 16.0. The van der Waals surface area contributed by atoms with Gasteiger partial charge in [-0.1, -0.05) is 138 Å². The van der Waals surface area contributed by atoms with Crippen molar-refractivity contribution in [2.75, 3.05) is 13.2 Å². The second-order valence-electron chi connectivity index (χ2n) is 23.2. The van der Waals surface area contributed by atoms with Gasteiger partial charge in [-0.05, 0) is 66.7 Å². The first-order valence-electron chi connectivity index (χ1n) is 26.2. The van der Waals surface area contributed by atoms with E-state index < -0.39 is 69.9 Å². The van der Waals surface area contributed by atoms with Crippen LogP contribution < -0.4 is 5.32 Å². The summed E-state index contributed by atoms with van der Waals surface area (Å²) in [6.07, 6.45) is -7.98. The van der Waals surface area contributed by atoms with E-state index in [1.807, 2.05) is 75.4 Å². The molecule has 5 aliphatic rings. The van der Waals surface area contributed by atoms with E-state index in [2.05, 4.69) is 87.3 Å². The van der Waals surface area contributed by atoms with E-state index in [-0.39, 0.29) is 84.1 Å². The van der Waals surface area contributed by atoms with Gasteiger partial charge in [-0.15, -0.1) is 0 Å². The zero-order valence-corrected chi connectivity index (χ0v) is 45.2. The standard InChI is InChI=1S/C55H86FNO11Si/c1-16-40-34(7)45(35(8)51(62-40)66-46-32(5)33(6)50(63-41(46)17-2)59-27-28-69(13,14)15)65-54-44(57-49(58)37-23-25-39(26-24-37)55(10,11)12)48(68-53-43(56)31(4)30(3)36(9)61-53)47-42(64-54)29-60-52(67-47)38-21-19-18-20-22-38/h18-26,30-36,40-48,50-54H,16-17,27-29H2,1-15H3,(H,57,58)/t30-,31?,32?,33?,34-,35?,36?,40?,41?,42?,43?,44?,45?,46-,47+,48?,50+,51?,52?,53-,54-/m0/s1. The lowest BCUT2D eigenvalue weighted by Gasteiger charge is -2.53. The van der Waals surface area contributed by atoms with Crippen molar-refractivity contribution in [2.24, 2.45) is 35.5 Å². The maximum atomic E-state index is 16.6. The molecule has 2 aromatic carbocycles. The van der Waals surface area contributed by atoms with E-state index >= 15 is 4.39 Å². The number of hydrogen-bond acceptors (Lipinski definition) is 11. The number of rotatable bonds is 15. The van der Waals surface area contributed by atoms with Crippen LogP contribution in [0, 0.1) is 35.5 Å². The summed E-state index contributed by atoms with van der Waals surface area (Å²) in [5.74, 6) is -0.953. The topological polar surface area (TPSA) is 121 Å². The number of halogens is 1. The molecule has 0 saturated carbocycles. The number of carbonyl (C=O) groups excluding carboxylic acids is 1. The van der Waals surface area contributed by atoms with Crippen LogP contribution in [0.1, 0.15) is 124 Å². The number of alkyl halides is 1. The minimum absolute atomic E-state index is 0.0431. The molecule has 5 heterocycles. The Balaban J connectivity index is 1.21. The molecule has 14 heteroatoms. The molecule has 2 aromatic rings. The van der Waals surface area contributed by atoms with Gasteiger partial charge in [0.05, 0.1) is 37.1 Å². The molecule has 1 amide bonds. The highest BCUT2D eigenvalue weighted by atomic mass is 28.3. The summed E-state index contributed by atoms with van der Waals surface area (Å²) in [5.41, 5.74) is 2.24. The van der Waals surface area contributed by atoms with Gasteiger partial charge < -0.3 is 52.7 Å². The smallest absolute Gasteiger partial charge is 0.251 e. The number of amides is 1. The Morgan fingerprint density at radius 2 is 1.32 bits per heavy atom. The number of hydrogen-bond donors (Lipinski definition) is 1. The van der Waals surface area contributed by atoms with Gasteiger partial charge >= 0.3 is 0 Å². The van der Waals surface area contributed by atoms with Gasteiger partial charge in [0.1, 0.15) is 24.4 Å². The molecule has 5 fully saturated rings. The van der Waals surface area contributed by atoms with E-state index in [9.17, 15) is 4.79 Å². The Labute approximate surface area is 414 Å². The summed E-state index contributed by atoms with van der Waals surface area (Å²) in [4.78, 5) is 14.6. The fourth-order valence-electron chi connectivity index (χ4n) is 10.7. The first-order chi connectivity index (χ1) is 32.6. The van der Waals surface area contributed by atoms with Crippen LogP contribution in [0.4, 0.5) is 4.39 Å². The minimum atomic E-state index is -1.45. The van der Waals surface area contributed by atoms with E-state index in [4.69, 9.17) is 47.4 Å². The van der Waals surface area contributed by atoms with Gasteiger partial charge in [-0.3, -0.25) is 4.79 Å². The van der Waals surface area contributed by atoms with Gasteiger partial charge in [-0.2, -0.15) is 0 Å². The van der Waals surface area contributed by atoms with Gasteiger partial charge in [0.2, 0.25) is 0 Å². The maximum absolute atomic E-state index is 16.6. The Morgan fingerprint density at radius 3 is 1.96 bits per heavy atom. The molecule has 69 heavy (non-hydrogen) atoms. The Bertz CT molecular complexity index is 1930. The molecule has 5 saturated heterocycles. The molecule has 21 atom stereocenters. The molecule has 0 bridgehead atoms. The highest BCUT2D eigenvalue weighted by Gasteiger charge is 2.56. The summed E-state index contributed by atoms with van der Waals surface area (Å²) >= 11 is 0. The van der Waals surface area contributed by atoms with Crippen molar-refractivity contribution in [1.29, 1.82) is 0 Å². The second kappa shape index (κ2) is 22.8. The molecule has 5 aliphatic heterocycles. The predicted molar refractivity (Wildman–Crippen MR) is 266 cm³/mol. The lowest BCUT2D eigenvalue weighted by molar-refractivity contribution is -0.384. The van der Waals surface area contributed by atoms with Crippen LogP contribution in [-0.4, -0.2) is 113 Å². The van der Waals surface area contributed by atoms with Crippen LogP contribution in [0.2, 0.25) is 25.7 Å². The van der Waals surface area contributed by atoms with E-state index in [1.165, 1.54) is 0 Å². The monoisotopic (exact) mass is 984 g/mol. The normalized spacial score (nSPS) is 41.0. The average molecular weight is 984 g/mol. The molecule has 14 unspecified atom stereocenters. The lowest BCUT2D eigenvalue weighted by atomic mass is 9.82. The first kappa shape index (κ1) is 54.4. The Kier molecular flexibility index (Phi) is 18.0. The summed E-state index contributed by atoms with van der Waals surface area (Å²) < 4.78 is 84.3. The number of ether oxygens (including phenoxy) is 10. The molecular weight excluding hydrogens is 898 g/mol. The van der Waals surface area contributed by atoms with Gasteiger partial charge in [0.15, 0.2) is 37.6 Å².